The van der Waals surface area contributed by atoms with Crippen LogP contribution in [0.2, 0.25) is 0 Å². The summed E-state index contributed by atoms with van der Waals surface area (Å²) < 4.78 is 0. The molecule has 0 saturated carbocycles. The number of hydrogen-bond donors (Lipinski definition) is 0. The van der Waals surface area contributed by atoms with Crippen molar-refractivity contribution in [2.24, 2.45) is 5.92 Å². The van der Waals surface area contributed by atoms with Gasteiger partial charge in [0.1, 0.15) is 0 Å². The van der Waals surface area contributed by atoms with E-state index in [4.69, 9.17) is 0 Å². The molecule has 0 radical (unpaired) electrons. The second-order valence-electron chi connectivity index (χ2n) is 5.27. The highest BCUT2D eigenvalue weighted by molar-refractivity contribution is 8.33. The molecule has 0 aliphatic heterocycles. The molecule has 0 spiro atoms. The summed E-state index contributed by atoms with van der Waals surface area (Å²) in [7, 11) is -0.896. The first kappa shape index (κ1) is 13.2. The lowest BCUT2D eigenvalue weighted by atomic mass is 10.3. The van der Waals surface area contributed by atoms with Gasteiger partial charge in [-0.1, -0.05) is 50.2 Å². The third-order valence-corrected chi connectivity index (χ3v) is 7.15. The lowest BCUT2D eigenvalue weighted by Gasteiger charge is -2.38. The predicted molar refractivity (Wildman–Crippen MR) is 82.6 cm³/mol. The number of hydrogen-bond acceptors (Lipinski definition) is 0. The second-order valence-corrected chi connectivity index (χ2v) is 8.73. The van der Waals surface area contributed by atoms with Crippen LogP contribution in [0.3, 0.4) is 0 Å². The topological polar surface area (TPSA) is 0 Å². The third kappa shape index (κ3) is 2.78. The van der Waals surface area contributed by atoms with Gasteiger partial charge in [-0.15, -0.1) is 0 Å². The zero-order valence-corrected chi connectivity index (χ0v) is 12.3. The minimum atomic E-state index is -0.896. The van der Waals surface area contributed by atoms with E-state index >= 15 is 0 Å². The van der Waals surface area contributed by atoms with E-state index in [0.717, 1.165) is 0 Å². The Labute approximate surface area is 112 Å². The average Bonchev–Trinajstić information content (AvgIpc) is 2.40. The molecule has 1 heteroatoms. The van der Waals surface area contributed by atoms with E-state index in [1.807, 2.05) is 0 Å². The van der Waals surface area contributed by atoms with E-state index in [1.54, 1.807) is 0 Å². The molecule has 0 aliphatic carbocycles. The van der Waals surface area contributed by atoms with Crippen LogP contribution in [-0.4, -0.2) is 12.0 Å². The molecule has 0 N–H and O–H groups in total. The fourth-order valence-corrected chi connectivity index (χ4v) is 5.94. The lowest BCUT2D eigenvalue weighted by Crippen LogP contribution is -2.10. The monoisotopic (exact) mass is 258 g/mol. The van der Waals surface area contributed by atoms with Crippen molar-refractivity contribution < 1.29 is 0 Å². The zero-order chi connectivity index (χ0) is 13.0. The number of benzene rings is 2. The first-order valence-corrected chi connectivity index (χ1v) is 8.70. The molecule has 18 heavy (non-hydrogen) atoms. The van der Waals surface area contributed by atoms with Crippen LogP contribution in [0.25, 0.3) is 0 Å². The van der Waals surface area contributed by atoms with E-state index in [0.29, 0.717) is 5.92 Å². The van der Waals surface area contributed by atoms with Crippen LogP contribution in [0.4, 0.5) is 0 Å². The van der Waals surface area contributed by atoms with Crippen molar-refractivity contribution in [1.82, 2.24) is 0 Å². The summed E-state index contributed by atoms with van der Waals surface area (Å²) in [5.41, 5.74) is 0. The Morgan fingerprint density at radius 2 is 1.17 bits per heavy atom. The Morgan fingerprint density at radius 1 is 0.778 bits per heavy atom. The molecular weight excluding hydrogens is 236 g/mol. The predicted octanol–water partition coefficient (Wildman–Crippen LogP) is 5.20. The summed E-state index contributed by atoms with van der Waals surface area (Å²) in [6, 6.07) is 22.0. The van der Waals surface area contributed by atoms with Crippen LogP contribution >= 0.6 is 10.0 Å². The van der Waals surface area contributed by atoms with Gasteiger partial charge in [0.05, 0.1) is 0 Å². The van der Waals surface area contributed by atoms with Crippen molar-refractivity contribution in [3.8, 4) is 0 Å². The average molecular weight is 258 g/mol. The Balaban J connectivity index is 2.48. The summed E-state index contributed by atoms with van der Waals surface area (Å²) in [6.45, 7) is 4.63. The van der Waals surface area contributed by atoms with Gasteiger partial charge in [0.15, 0.2) is 0 Å². The first-order valence-electron chi connectivity index (χ1n) is 6.49. The Hall–Kier alpha value is -1.21. The van der Waals surface area contributed by atoms with E-state index in [9.17, 15) is 0 Å². The van der Waals surface area contributed by atoms with Gasteiger partial charge in [0, 0.05) is 0 Å². The van der Waals surface area contributed by atoms with Crippen LogP contribution in [0, 0.1) is 5.92 Å². The van der Waals surface area contributed by atoms with E-state index < -0.39 is 10.0 Å². The SMILES string of the molecule is CC(C)CS(C)(c1ccccc1)c1ccccc1. The van der Waals surface area contributed by atoms with Crippen molar-refractivity contribution >= 4 is 10.0 Å². The Morgan fingerprint density at radius 3 is 1.50 bits per heavy atom. The molecule has 2 aromatic rings. The number of rotatable bonds is 4. The molecule has 0 amide bonds. The molecule has 0 nitrogen and oxygen atoms in total. The molecule has 0 bridgehead atoms. The van der Waals surface area contributed by atoms with Crippen molar-refractivity contribution in [2.75, 3.05) is 12.0 Å². The van der Waals surface area contributed by atoms with Crippen LogP contribution in [0.1, 0.15) is 13.8 Å². The van der Waals surface area contributed by atoms with Crippen molar-refractivity contribution in [1.29, 1.82) is 0 Å². The van der Waals surface area contributed by atoms with Crippen LogP contribution < -0.4 is 0 Å². The van der Waals surface area contributed by atoms with Crippen LogP contribution in [0.15, 0.2) is 70.5 Å². The van der Waals surface area contributed by atoms with Crippen LogP contribution in [0.5, 0.6) is 0 Å². The van der Waals surface area contributed by atoms with Gasteiger partial charge in [-0.3, -0.25) is 0 Å². The maximum Gasteiger partial charge on any atom is -0.00616 e. The maximum atomic E-state index is 2.44. The van der Waals surface area contributed by atoms with E-state index in [-0.39, 0.29) is 0 Å². The van der Waals surface area contributed by atoms with Gasteiger partial charge in [-0.05, 0) is 52.0 Å². The first-order chi connectivity index (χ1) is 8.63. The maximum absolute atomic E-state index is 2.44. The highest BCUT2D eigenvalue weighted by Crippen LogP contribution is 2.60. The van der Waals surface area contributed by atoms with Gasteiger partial charge in [0.25, 0.3) is 0 Å². The minimum Gasteiger partial charge on any atom is -0.190 e. The Kier molecular flexibility index (Phi) is 4.13. The van der Waals surface area contributed by atoms with E-state index in [1.165, 1.54) is 15.5 Å². The Bertz CT molecular complexity index is 434. The standard InChI is InChI=1S/C17H22S/c1-15(2)14-18(3,16-10-6-4-7-11-16)17-12-8-5-9-13-17/h4-13,15H,14H2,1-3H3. The molecule has 2 aromatic carbocycles. The molecule has 0 aromatic heterocycles. The highest BCUT2D eigenvalue weighted by atomic mass is 32.3. The summed E-state index contributed by atoms with van der Waals surface area (Å²) in [5.74, 6) is 1.96. The van der Waals surface area contributed by atoms with Gasteiger partial charge in [-0.2, -0.15) is 10.0 Å². The smallest absolute Gasteiger partial charge is 0.00616 e. The fourth-order valence-electron chi connectivity index (χ4n) is 2.44. The second kappa shape index (κ2) is 5.62. The summed E-state index contributed by atoms with van der Waals surface area (Å²) >= 11 is 0. The van der Waals surface area contributed by atoms with Gasteiger partial charge >= 0.3 is 0 Å². The third-order valence-electron chi connectivity index (χ3n) is 3.19. The molecule has 0 atom stereocenters. The molecule has 0 fully saturated rings. The minimum absolute atomic E-state index is 0.713. The quantitative estimate of drug-likeness (QED) is 0.707. The largest absolute Gasteiger partial charge is 0.190 e. The van der Waals surface area contributed by atoms with Crippen molar-refractivity contribution in [3.05, 3.63) is 60.7 Å². The lowest BCUT2D eigenvalue weighted by molar-refractivity contribution is 0.744. The highest BCUT2D eigenvalue weighted by Gasteiger charge is 2.23. The molecule has 0 heterocycles. The van der Waals surface area contributed by atoms with Gasteiger partial charge < -0.3 is 0 Å². The summed E-state index contributed by atoms with van der Waals surface area (Å²) in [5, 5.41) is 0. The summed E-state index contributed by atoms with van der Waals surface area (Å²) in [6.07, 6.45) is 2.44. The van der Waals surface area contributed by atoms with Crippen molar-refractivity contribution in [2.45, 2.75) is 23.6 Å². The molecule has 0 aliphatic rings. The van der Waals surface area contributed by atoms with E-state index in [2.05, 4.69) is 80.8 Å². The fraction of sp³-hybridized carbons (Fsp3) is 0.294. The molecule has 0 saturated heterocycles. The zero-order valence-electron chi connectivity index (χ0n) is 11.5. The van der Waals surface area contributed by atoms with Crippen molar-refractivity contribution in [3.63, 3.8) is 0 Å². The normalized spacial score (nSPS) is 12.7. The molecule has 2 rings (SSSR count). The molecule has 96 valence electrons. The van der Waals surface area contributed by atoms with Crippen LogP contribution in [-0.2, 0) is 0 Å². The summed E-state index contributed by atoms with van der Waals surface area (Å²) in [4.78, 5) is 2.98. The molecular formula is C17H22S. The van der Waals surface area contributed by atoms with Gasteiger partial charge in [0.2, 0.25) is 0 Å². The van der Waals surface area contributed by atoms with Gasteiger partial charge in [-0.25, -0.2) is 0 Å². The molecule has 0 unspecified atom stereocenters.